The summed E-state index contributed by atoms with van der Waals surface area (Å²) in [5.74, 6) is -0.147. The van der Waals surface area contributed by atoms with Gasteiger partial charge in [-0.15, -0.1) is 0 Å². The van der Waals surface area contributed by atoms with Gasteiger partial charge >= 0.3 is 6.09 Å². The quantitative estimate of drug-likeness (QED) is 0.880. The van der Waals surface area contributed by atoms with Crippen LogP contribution in [0.2, 0.25) is 0 Å². The van der Waals surface area contributed by atoms with E-state index in [2.05, 4.69) is 5.32 Å². The van der Waals surface area contributed by atoms with Crippen LogP contribution in [0.25, 0.3) is 6.08 Å². The van der Waals surface area contributed by atoms with E-state index in [1.807, 2.05) is 6.07 Å². The first kappa shape index (κ1) is 15.7. The molecule has 1 aliphatic carbocycles. The molecule has 1 amide bonds. The predicted molar refractivity (Wildman–Crippen MR) is 87.9 cm³/mol. The second-order valence-electron chi connectivity index (χ2n) is 5.20. The molecule has 0 bridgehead atoms. The van der Waals surface area contributed by atoms with Gasteiger partial charge in [0.25, 0.3) is 0 Å². The van der Waals surface area contributed by atoms with Gasteiger partial charge in [0.15, 0.2) is 5.78 Å². The number of carbonyl (C=O) groups excluding carboxylic acids is 2. The van der Waals surface area contributed by atoms with Crippen LogP contribution in [0.4, 0.5) is 9.18 Å². The second-order valence-corrected chi connectivity index (χ2v) is 5.20. The van der Waals surface area contributed by atoms with Gasteiger partial charge < -0.3 is 10.1 Å². The molecule has 2 aromatic rings. The minimum Gasteiger partial charge on any atom is -0.410 e. The smallest absolute Gasteiger partial charge is 0.410 e. The SMILES string of the molecule is O=C(NC1C=CC(=O)C1=Cc1ccc(F)cc1)Oc1ccccc1. The summed E-state index contributed by atoms with van der Waals surface area (Å²) in [6, 6.07) is 13.8. The molecule has 2 aromatic carbocycles. The van der Waals surface area contributed by atoms with Crippen LogP contribution in [-0.4, -0.2) is 17.9 Å². The van der Waals surface area contributed by atoms with Crippen molar-refractivity contribution < 1.29 is 18.7 Å². The molecular formula is C19H14FNO3. The molecule has 0 aliphatic heterocycles. The summed E-state index contributed by atoms with van der Waals surface area (Å²) in [6.07, 6.45) is 3.94. The number of hydrogen-bond donors (Lipinski definition) is 1. The number of hydrogen-bond acceptors (Lipinski definition) is 3. The molecule has 0 saturated carbocycles. The van der Waals surface area contributed by atoms with Gasteiger partial charge in [-0.25, -0.2) is 9.18 Å². The molecule has 0 spiro atoms. The highest BCUT2D eigenvalue weighted by molar-refractivity contribution is 6.11. The summed E-state index contributed by atoms with van der Waals surface area (Å²) < 4.78 is 18.1. The fraction of sp³-hybridized carbons (Fsp3) is 0.0526. The van der Waals surface area contributed by atoms with E-state index in [1.54, 1.807) is 48.6 Å². The molecule has 0 saturated heterocycles. The molecule has 1 N–H and O–H groups in total. The molecule has 4 nitrogen and oxygen atoms in total. The van der Waals surface area contributed by atoms with Crippen molar-refractivity contribution >= 4 is 18.0 Å². The monoisotopic (exact) mass is 323 g/mol. The second kappa shape index (κ2) is 6.91. The number of amides is 1. The highest BCUT2D eigenvalue weighted by atomic mass is 19.1. The highest BCUT2D eigenvalue weighted by Gasteiger charge is 2.25. The zero-order chi connectivity index (χ0) is 16.9. The van der Waals surface area contributed by atoms with Gasteiger partial charge in [-0.05, 0) is 42.0 Å². The average molecular weight is 323 g/mol. The third-order valence-corrected chi connectivity index (χ3v) is 3.48. The van der Waals surface area contributed by atoms with Gasteiger partial charge in [-0.1, -0.05) is 36.4 Å². The van der Waals surface area contributed by atoms with Crippen molar-refractivity contribution in [3.8, 4) is 5.75 Å². The number of halogens is 1. The molecule has 0 heterocycles. The van der Waals surface area contributed by atoms with E-state index in [-0.39, 0.29) is 11.6 Å². The lowest BCUT2D eigenvalue weighted by molar-refractivity contribution is -0.111. The van der Waals surface area contributed by atoms with E-state index in [1.165, 1.54) is 18.2 Å². The topological polar surface area (TPSA) is 55.4 Å². The predicted octanol–water partition coefficient (Wildman–Crippen LogP) is 3.51. The molecule has 1 atom stereocenters. The molecule has 5 heteroatoms. The van der Waals surface area contributed by atoms with Crippen LogP contribution >= 0.6 is 0 Å². The van der Waals surface area contributed by atoms with Crippen molar-refractivity contribution in [3.63, 3.8) is 0 Å². The van der Waals surface area contributed by atoms with E-state index in [0.717, 1.165) is 0 Å². The molecule has 0 radical (unpaired) electrons. The lowest BCUT2D eigenvalue weighted by atomic mass is 10.1. The summed E-state index contributed by atoms with van der Waals surface area (Å²) in [5, 5.41) is 2.63. The number of ketones is 1. The zero-order valence-electron chi connectivity index (χ0n) is 12.6. The molecule has 120 valence electrons. The van der Waals surface area contributed by atoms with Gasteiger partial charge in [0, 0.05) is 5.57 Å². The summed E-state index contributed by atoms with van der Waals surface area (Å²) in [6.45, 7) is 0. The Morgan fingerprint density at radius 1 is 1.08 bits per heavy atom. The Bertz CT molecular complexity index is 810. The number of allylic oxidation sites excluding steroid dienone is 1. The maximum absolute atomic E-state index is 13.0. The third-order valence-electron chi connectivity index (χ3n) is 3.48. The number of para-hydroxylation sites is 1. The largest absolute Gasteiger partial charge is 0.413 e. The van der Waals surface area contributed by atoms with Crippen LogP contribution in [0.1, 0.15) is 5.56 Å². The number of rotatable bonds is 3. The Labute approximate surface area is 138 Å². The van der Waals surface area contributed by atoms with E-state index < -0.39 is 12.1 Å². The lowest BCUT2D eigenvalue weighted by Crippen LogP contribution is -2.36. The van der Waals surface area contributed by atoms with Crippen LogP contribution in [0.3, 0.4) is 0 Å². The van der Waals surface area contributed by atoms with Crippen molar-refractivity contribution in [2.75, 3.05) is 0 Å². The first-order valence-electron chi connectivity index (χ1n) is 7.35. The number of carbonyl (C=O) groups is 2. The minimum atomic E-state index is -0.657. The fourth-order valence-corrected chi connectivity index (χ4v) is 2.31. The number of ether oxygens (including phenoxy) is 1. The molecule has 3 rings (SSSR count). The summed E-state index contributed by atoms with van der Waals surface area (Å²) >= 11 is 0. The Balaban J connectivity index is 1.72. The average Bonchev–Trinajstić information content (AvgIpc) is 2.91. The lowest BCUT2D eigenvalue weighted by Gasteiger charge is -2.13. The van der Waals surface area contributed by atoms with Crippen LogP contribution in [-0.2, 0) is 4.79 Å². The molecule has 0 fully saturated rings. The van der Waals surface area contributed by atoms with Crippen molar-refractivity contribution in [1.82, 2.24) is 5.32 Å². The van der Waals surface area contributed by atoms with Crippen molar-refractivity contribution in [1.29, 1.82) is 0 Å². The van der Waals surface area contributed by atoms with Crippen LogP contribution < -0.4 is 10.1 Å². The first-order valence-corrected chi connectivity index (χ1v) is 7.35. The van der Waals surface area contributed by atoms with Gasteiger partial charge in [0.1, 0.15) is 11.6 Å². The van der Waals surface area contributed by atoms with E-state index in [9.17, 15) is 14.0 Å². The maximum atomic E-state index is 13.0. The molecule has 1 aliphatic rings. The van der Waals surface area contributed by atoms with Crippen LogP contribution in [0.15, 0.2) is 72.3 Å². The molecule has 1 unspecified atom stereocenters. The van der Waals surface area contributed by atoms with Gasteiger partial charge in [-0.2, -0.15) is 0 Å². The van der Waals surface area contributed by atoms with Gasteiger partial charge in [-0.3, -0.25) is 4.79 Å². The molecule has 24 heavy (non-hydrogen) atoms. The van der Waals surface area contributed by atoms with Gasteiger partial charge in [0.05, 0.1) is 6.04 Å². The van der Waals surface area contributed by atoms with E-state index in [4.69, 9.17) is 4.74 Å². The summed E-state index contributed by atoms with van der Waals surface area (Å²) in [4.78, 5) is 23.9. The summed E-state index contributed by atoms with van der Waals surface area (Å²) in [5.41, 5.74) is 1.07. The third kappa shape index (κ3) is 3.76. The van der Waals surface area contributed by atoms with E-state index in [0.29, 0.717) is 16.9 Å². The molecule has 0 aromatic heterocycles. The van der Waals surface area contributed by atoms with E-state index >= 15 is 0 Å². The highest BCUT2D eigenvalue weighted by Crippen LogP contribution is 2.19. The Morgan fingerprint density at radius 3 is 2.50 bits per heavy atom. The number of nitrogens with one attached hydrogen (secondary N) is 1. The Hall–Kier alpha value is -3.21. The Kier molecular flexibility index (Phi) is 4.52. The normalized spacial score (nSPS) is 18.0. The van der Waals surface area contributed by atoms with Gasteiger partial charge in [0.2, 0.25) is 0 Å². The summed E-state index contributed by atoms with van der Waals surface area (Å²) in [7, 11) is 0. The minimum absolute atomic E-state index is 0.204. The van der Waals surface area contributed by atoms with Crippen LogP contribution in [0.5, 0.6) is 5.75 Å². The standard InChI is InChI=1S/C19H14FNO3/c20-14-8-6-13(7-9-14)12-16-17(10-11-18(16)22)21-19(23)24-15-4-2-1-3-5-15/h1-12,17H,(H,21,23). The fourth-order valence-electron chi connectivity index (χ4n) is 2.31. The Morgan fingerprint density at radius 2 is 1.79 bits per heavy atom. The first-order chi connectivity index (χ1) is 11.6. The van der Waals surface area contributed by atoms with Crippen molar-refractivity contribution in [3.05, 3.63) is 83.7 Å². The molecular weight excluding hydrogens is 309 g/mol. The number of benzene rings is 2. The maximum Gasteiger partial charge on any atom is 0.413 e. The van der Waals surface area contributed by atoms with Crippen molar-refractivity contribution in [2.24, 2.45) is 0 Å². The van der Waals surface area contributed by atoms with Crippen LogP contribution in [0, 0.1) is 5.82 Å². The zero-order valence-corrected chi connectivity index (χ0v) is 12.6. The van der Waals surface area contributed by atoms with Crippen molar-refractivity contribution in [2.45, 2.75) is 6.04 Å².